The molecule has 0 bridgehead atoms. The highest BCUT2D eigenvalue weighted by Gasteiger charge is 2.14. The molecule has 0 fully saturated rings. The number of anilines is 1. The summed E-state index contributed by atoms with van der Waals surface area (Å²) < 4.78 is 18.5. The van der Waals surface area contributed by atoms with Gasteiger partial charge >= 0.3 is 0 Å². The van der Waals surface area contributed by atoms with E-state index in [0.717, 1.165) is 5.56 Å². The van der Waals surface area contributed by atoms with E-state index in [1.165, 1.54) is 12.1 Å². The summed E-state index contributed by atoms with van der Waals surface area (Å²) in [6.45, 7) is 1.86. The van der Waals surface area contributed by atoms with Gasteiger partial charge in [-0.2, -0.15) is 4.98 Å². The third kappa shape index (κ3) is 2.14. The van der Waals surface area contributed by atoms with E-state index in [1.807, 2.05) is 19.1 Å². The van der Waals surface area contributed by atoms with Gasteiger partial charge in [-0.15, -0.1) is 0 Å². The molecule has 1 aromatic heterocycles. The minimum Gasteiger partial charge on any atom is -0.398 e. The van der Waals surface area contributed by atoms with Crippen molar-refractivity contribution in [2.24, 2.45) is 0 Å². The lowest BCUT2D eigenvalue weighted by Gasteiger charge is -2.00. The van der Waals surface area contributed by atoms with Crippen LogP contribution >= 0.6 is 0 Å². The summed E-state index contributed by atoms with van der Waals surface area (Å²) >= 11 is 0. The summed E-state index contributed by atoms with van der Waals surface area (Å²) in [6.07, 6.45) is 0. The van der Waals surface area contributed by atoms with E-state index in [2.05, 4.69) is 10.1 Å². The highest BCUT2D eigenvalue weighted by molar-refractivity contribution is 5.71. The summed E-state index contributed by atoms with van der Waals surface area (Å²) in [5.74, 6) is 0.332. The topological polar surface area (TPSA) is 64.9 Å². The molecule has 5 heteroatoms. The fourth-order valence-electron chi connectivity index (χ4n) is 1.97. The maximum atomic E-state index is 13.3. The smallest absolute Gasteiger partial charge is 0.260 e. The average molecular weight is 269 g/mol. The molecule has 100 valence electrons. The van der Waals surface area contributed by atoms with Crippen molar-refractivity contribution in [1.29, 1.82) is 0 Å². The molecule has 0 aliphatic carbocycles. The first-order valence-corrected chi connectivity index (χ1v) is 6.10. The van der Waals surface area contributed by atoms with Crippen molar-refractivity contribution in [3.8, 4) is 22.8 Å². The Labute approximate surface area is 115 Å². The molecule has 0 unspecified atom stereocenters. The van der Waals surface area contributed by atoms with Crippen LogP contribution in [-0.4, -0.2) is 10.1 Å². The molecule has 4 nitrogen and oxygen atoms in total. The molecule has 0 saturated heterocycles. The van der Waals surface area contributed by atoms with Crippen LogP contribution in [0.5, 0.6) is 0 Å². The van der Waals surface area contributed by atoms with Gasteiger partial charge in [0.25, 0.3) is 5.89 Å². The van der Waals surface area contributed by atoms with E-state index in [1.54, 1.807) is 18.2 Å². The van der Waals surface area contributed by atoms with Gasteiger partial charge in [0.1, 0.15) is 5.82 Å². The Morgan fingerprint density at radius 1 is 1.10 bits per heavy atom. The normalized spacial score (nSPS) is 10.7. The average Bonchev–Trinajstić information content (AvgIpc) is 2.91. The Morgan fingerprint density at radius 2 is 1.90 bits per heavy atom. The number of nitrogens with two attached hydrogens (primary N) is 1. The number of benzene rings is 2. The second kappa shape index (κ2) is 4.77. The standard InChI is InChI=1S/C15H12FN3O/c1-9-6-7-10(16)8-12(9)14-18-15(20-19-14)11-4-2-3-5-13(11)17/h2-8H,17H2,1H3. The molecule has 0 aliphatic heterocycles. The number of para-hydroxylation sites is 1. The van der Waals surface area contributed by atoms with Gasteiger partial charge in [-0.25, -0.2) is 4.39 Å². The molecule has 2 N–H and O–H groups in total. The lowest BCUT2D eigenvalue weighted by atomic mass is 10.1. The Hall–Kier alpha value is -2.69. The number of nitrogen functional groups attached to an aromatic ring is 1. The Balaban J connectivity index is 2.07. The molecule has 0 radical (unpaired) electrons. The highest BCUT2D eigenvalue weighted by Crippen LogP contribution is 2.27. The molecular weight excluding hydrogens is 257 g/mol. The van der Waals surface area contributed by atoms with Crippen LogP contribution in [0.15, 0.2) is 47.0 Å². The minimum atomic E-state index is -0.337. The van der Waals surface area contributed by atoms with Crippen LogP contribution in [0.4, 0.5) is 10.1 Å². The van der Waals surface area contributed by atoms with E-state index < -0.39 is 0 Å². The Kier molecular flexibility index (Phi) is 2.95. The van der Waals surface area contributed by atoms with E-state index in [9.17, 15) is 4.39 Å². The van der Waals surface area contributed by atoms with E-state index >= 15 is 0 Å². The SMILES string of the molecule is Cc1ccc(F)cc1-c1noc(-c2ccccc2N)n1. The first-order chi connectivity index (χ1) is 9.65. The predicted octanol–water partition coefficient (Wildman–Crippen LogP) is 3.43. The summed E-state index contributed by atoms with van der Waals surface area (Å²) in [6, 6.07) is 11.7. The second-order valence-electron chi connectivity index (χ2n) is 4.47. The number of nitrogens with zero attached hydrogens (tertiary/aromatic N) is 2. The zero-order valence-electron chi connectivity index (χ0n) is 10.8. The van der Waals surface area contributed by atoms with E-state index in [4.69, 9.17) is 10.3 Å². The molecule has 0 amide bonds. The first-order valence-electron chi connectivity index (χ1n) is 6.10. The monoisotopic (exact) mass is 269 g/mol. The molecule has 0 aliphatic rings. The lowest BCUT2D eigenvalue weighted by molar-refractivity contribution is 0.432. The molecule has 0 atom stereocenters. The van der Waals surface area contributed by atoms with Crippen molar-refractivity contribution < 1.29 is 8.91 Å². The van der Waals surface area contributed by atoms with Crippen LogP contribution < -0.4 is 5.73 Å². The number of aryl methyl sites for hydroxylation is 1. The quantitative estimate of drug-likeness (QED) is 0.724. The van der Waals surface area contributed by atoms with Gasteiger partial charge in [0, 0.05) is 11.3 Å². The van der Waals surface area contributed by atoms with Gasteiger partial charge in [0.15, 0.2) is 0 Å². The molecule has 1 heterocycles. The van der Waals surface area contributed by atoms with Crippen molar-refractivity contribution in [3.05, 3.63) is 53.8 Å². The Morgan fingerprint density at radius 3 is 2.70 bits per heavy atom. The van der Waals surface area contributed by atoms with Crippen molar-refractivity contribution >= 4 is 5.69 Å². The largest absolute Gasteiger partial charge is 0.398 e. The molecule has 3 aromatic rings. The van der Waals surface area contributed by atoms with Crippen molar-refractivity contribution in [2.75, 3.05) is 5.73 Å². The van der Waals surface area contributed by atoms with Crippen molar-refractivity contribution in [3.63, 3.8) is 0 Å². The number of hydrogen-bond donors (Lipinski definition) is 1. The molecule has 20 heavy (non-hydrogen) atoms. The van der Waals surface area contributed by atoms with E-state index in [0.29, 0.717) is 28.5 Å². The first kappa shape index (κ1) is 12.3. The van der Waals surface area contributed by atoms with Crippen LogP contribution in [0, 0.1) is 12.7 Å². The van der Waals surface area contributed by atoms with Gasteiger partial charge in [0.05, 0.1) is 5.56 Å². The number of halogens is 1. The predicted molar refractivity (Wildman–Crippen MR) is 74.3 cm³/mol. The maximum absolute atomic E-state index is 13.3. The van der Waals surface area contributed by atoms with Gasteiger partial charge in [0.2, 0.25) is 5.82 Å². The number of rotatable bonds is 2. The maximum Gasteiger partial charge on any atom is 0.260 e. The van der Waals surface area contributed by atoms with E-state index in [-0.39, 0.29) is 5.82 Å². The van der Waals surface area contributed by atoms with Crippen LogP contribution in [0.2, 0.25) is 0 Å². The number of hydrogen-bond acceptors (Lipinski definition) is 4. The molecule has 3 rings (SSSR count). The summed E-state index contributed by atoms with van der Waals surface area (Å²) in [5, 5.41) is 3.90. The van der Waals surface area contributed by atoms with Crippen molar-refractivity contribution in [2.45, 2.75) is 6.92 Å². The van der Waals surface area contributed by atoms with Crippen molar-refractivity contribution in [1.82, 2.24) is 10.1 Å². The molecule has 0 spiro atoms. The third-order valence-corrected chi connectivity index (χ3v) is 3.06. The number of aromatic nitrogens is 2. The van der Waals surface area contributed by atoms with Gasteiger partial charge in [-0.1, -0.05) is 23.4 Å². The van der Waals surface area contributed by atoms with Crippen LogP contribution in [-0.2, 0) is 0 Å². The van der Waals surface area contributed by atoms with Gasteiger partial charge in [-0.3, -0.25) is 0 Å². The minimum absolute atomic E-state index is 0.321. The van der Waals surface area contributed by atoms with Crippen LogP contribution in [0.3, 0.4) is 0 Å². The Bertz CT molecular complexity index is 767. The molecular formula is C15H12FN3O. The zero-order chi connectivity index (χ0) is 14.1. The van der Waals surface area contributed by atoms with Crippen LogP contribution in [0.25, 0.3) is 22.8 Å². The summed E-state index contributed by atoms with van der Waals surface area (Å²) in [4.78, 5) is 4.29. The molecule has 0 saturated carbocycles. The molecule has 2 aromatic carbocycles. The summed E-state index contributed by atoms with van der Waals surface area (Å²) in [7, 11) is 0. The second-order valence-corrected chi connectivity index (χ2v) is 4.47. The summed E-state index contributed by atoms with van der Waals surface area (Å²) in [5.41, 5.74) is 8.57. The fraction of sp³-hybridized carbons (Fsp3) is 0.0667. The zero-order valence-corrected chi connectivity index (χ0v) is 10.8. The van der Waals surface area contributed by atoms with Gasteiger partial charge in [-0.05, 0) is 36.8 Å². The fourth-order valence-corrected chi connectivity index (χ4v) is 1.97. The van der Waals surface area contributed by atoms with Crippen LogP contribution in [0.1, 0.15) is 5.56 Å². The van der Waals surface area contributed by atoms with Gasteiger partial charge < -0.3 is 10.3 Å². The highest BCUT2D eigenvalue weighted by atomic mass is 19.1. The third-order valence-electron chi connectivity index (χ3n) is 3.06. The lowest BCUT2D eigenvalue weighted by Crippen LogP contribution is -1.90.